The molecule has 0 aliphatic rings. The predicted molar refractivity (Wildman–Crippen MR) is 61.9 cm³/mol. The Balaban J connectivity index is 3.25. The molecule has 0 aromatic heterocycles. The van der Waals surface area contributed by atoms with Gasteiger partial charge >= 0.3 is 0 Å². The van der Waals surface area contributed by atoms with Crippen molar-refractivity contribution < 1.29 is 4.74 Å². The summed E-state index contributed by atoms with van der Waals surface area (Å²) in [6.07, 6.45) is 0. The Morgan fingerprint density at radius 2 is 2.07 bits per heavy atom. The molecule has 0 fully saturated rings. The molecular weight excluding hydrogens is 210 g/mol. The van der Waals surface area contributed by atoms with Crippen LogP contribution < -0.4 is 4.74 Å². The largest absolute Gasteiger partial charge is 0.495 e. The van der Waals surface area contributed by atoms with E-state index in [4.69, 9.17) is 21.6 Å². The van der Waals surface area contributed by atoms with Gasteiger partial charge in [0.2, 0.25) is 0 Å². The summed E-state index contributed by atoms with van der Waals surface area (Å²) in [5.41, 5.74) is 2.45. The van der Waals surface area contributed by atoms with Gasteiger partial charge < -0.3 is 4.74 Å². The molecule has 0 saturated heterocycles. The van der Waals surface area contributed by atoms with Crippen LogP contribution in [0.3, 0.4) is 0 Å². The SMILES string of the molecule is COc1ccc(C(C#N)=C(C)C)cc1Cl. The fourth-order valence-corrected chi connectivity index (χ4v) is 1.54. The summed E-state index contributed by atoms with van der Waals surface area (Å²) in [6, 6.07) is 7.50. The lowest BCUT2D eigenvalue weighted by Crippen LogP contribution is -1.88. The van der Waals surface area contributed by atoms with E-state index in [9.17, 15) is 0 Å². The molecule has 0 unspecified atom stereocenters. The third-order valence-corrected chi connectivity index (χ3v) is 2.35. The van der Waals surface area contributed by atoms with Crippen molar-refractivity contribution in [2.75, 3.05) is 7.11 Å². The highest BCUT2D eigenvalue weighted by atomic mass is 35.5. The van der Waals surface area contributed by atoms with Gasteiger partial charge in [-0.15, -0.1) is 0 Å². The smallest absolute Gasteiger partial charge is 0.137 e. The Morgan fingerprint density at radius 1 is 1.40 bits per heavy atom. The molecule has 1 rings (SSSR count). The van der Waals surface area contributed by atoms with Gasteiger partial charge in [0.25, 0.3) is 0 Å². The first-order valence-electron chi connectivity index (χ1n) is 4.51. The summed E-state index contributed by atoms with van der Waals surface area (Å²) < 4.78 is 5.04. The summed E-state index contributed by atoms with van der Waals surface area (Å²) in [5.74, 6) is 0.617. The molecule has 2 nitrogen and oxygen atoms in total. The summed E-state index contributed by atoms with van der Waals surface area (Å²) >= 11 is 5.98. The molecule has 0 spiro atoms. The lowest BCUT2D eigenvalue weighted by atomic mass is 10.0. The number of rotatable bonds is 2. The Bertz CT molecular complexity index is 439. The van der Waals surface area contributed by atoms with Crippen LogP contribution in [-0.4, -0.2) is 7.11 Å². The van der Waals surface area contributed by atoms with E-state index in [1.165, 1.54) is 0 Å². The van der Waals surface area contributed by atoms with Gasteiger partial charge in [-0.3, -0.25) is 0 Å². The molecule has 0 aliphatic heterocycles. The summed E-state index contributed by atoms with van der Waals surface area (Å²) in [5, 5.41) is 9.50. The van der Waals surface area contributed by atoms with Gasteiger partial charge in [0, 0.05) is 0 Å². The molecule has 0 radical (unpaired) electrons. The number of ether oxygens (including phenoxy) is 1. The van der Waals surface area contributed by atoms with Gasteiger partial charge in [0.1, 0.15) is 5.75 Å². The van der Waals surface area contributed by atoms with Gasteiger partial charge in [-0.25, -0.2) is 0 Å². The number of hydrogen-bond acceptors (Lipinski definition) is 2. The fraction of sp³-hybridized carbons (Fsp3) is 0.250. The number of hydrogen-bond donors (Lipinski definition) is 0. The van der Waals surface area contributed by atoms with Crippen LogP contribution in [0.5, 0.6) is 5.75 Å². The molecule has 78 valence electrons. The van der Waals surface area contributed by atoms with Crippen molar-refractivity contribution in [2.24, 2.45) is 0 Å². The first-order chi connectivity index (χ1) is 7.10. The number of methoxy groups -OCH3 is 1. The molecule has 1 aromatic rings. The molecule has 3 heteroatoms. The maximum Gasteiger partial charge on any atom is 0.137 e. The van der Waals surface area contributed by atoms with E-state index in [0.717, 1.165) is 11.1 Å². The molecule has 0 bridgehead atoms. The highest BCUT2D eigenvalue weighted by Gasteiger charge is 2.06. The number of nitriles is 1. The monoisotopic (exact) mass is 221 g/mol. The maximum atomic E-state index is 8.99. The third-order valence-electron chi connectivity index (χ3n) is 2.05. The highest BCUT2D eigenvalue weighted by Crippen LogP contribution is 2.28. The van der Waals surface area contributed by atoms with Gasteiger partial charge in [0.15, 0.2) is 0 Å². The van der Waals surface area contributed by atoms with E-state index < -0.39 is 0 Å². The summed E-state index contributed by atoms with van der Waals surface area (Å²) in [7, 11) is 1.56. The quantitative estimate of drug-likeness (QED) is 0.714. The number of halogens is 1. The zero-order chi connectivity index (χ0) is 11.4. The van der Waals surface area contributed by atoms with Crippen molar-refractivity contribution in [1.29, 1.82) is 5.26 Å². The Kier molecular flexibility index (Phi) is 3.76. The average molecular weight is 222 g/mol. The topological polar surface area (TPSA) is 33.0 Å². The number of allylic oxidation sites excluding steroid dienone is 2. The van der Waals surface area contributed by atoms with Crippen molar-refractivity contribution in [1.82, 2.24) is 0 Å². The fourth-order valence-electron chi connectivity index (χ4n) is 1.29. The predicted octanol–water partition coefficient (Wildman–Crippen LogP) is 3.67. The molecule has 15 heavy (non-hydrogen) atoms. The van der Waals surface area contributed by atoms with Gasteiger partial charge in [0.05, 0.1) is 23.8 Å². The minimum atomic E-state index is 0.518. The zero-order valence-electron chi connectivity index (χ0n) is 8.97. The number of benzene rings is 1. The average Bonchev–Trinajstić information content (AvgIpc) is 2.18. The van der Waals surface area contributed by atoms with Crippen LogP contribution in [0.1, 0.15) is 19.4 Å². The van der Waals surface area contributed by atoms with Crippen molar-refractivity contribution in [3.63, 3.8) is 0 Å². The second-order valence-electron chi connectivity index (χ2n) is 3.34. The van der Waals surface area contributed by atoms with Crippen molar-refractivity contribution in [2.45, 2.75) is 13.8 Å². The first kappa shape index (κ1) is 11.6. The third kappa shape index (κ3) is 2.51. The van der Waals surface area contributed by atoms with Crippen LogP contribution in [-0.2, 0) is 0 Å². The Labute approximate surface area is 94.7 Å². The molecule has 0 aliphatic carbocycles. The molecule has 1 aromatic carbocycles. The lowest BCUT2D eigenvalue weighted by molar-refractivity contribution is 0.415. The summed E-state index contributed by atoms with van der Waals surface area (Å²) in [4.78, 5) is 0. The van der Waals surface area contributed by atoms with Gasteiger partial charge in [-0.1, -0.05) is 17.2 Å². The van der Waals surface area contributed by atoms with E-state index in [-0.39, 0.29) is 0 Å². The Hall–Kier alpha value is -1.46. The maximum absolute atomic E-state index is 8.99. The molecule has 0 amide bonds. The second kappa shape index (κ2) is 4.86. The molecule has 0 saturated carbocycles. The van der Waals surface area contributed by atoms with Crippen molar-refractivity contribution in [3.05, 3.63) is 34.4 Å². The minimum absolute atomic E-state index is 0.518. The van der Waals surface area contributed by atoms with E-state index in [2.05, 4.69) is 6.07 Å². The van der Waals surface area contributed by atoms with Crippen LogP contribution in [0.4, 0.5) is 0 Å². The van der Waals surface area contributed by atoms with E-state index >= 15 is 0 Å². The minimum Gasteiger partial charge on any atom is -0.495 e. The highest BCUT2D eigenvalue weighted by molar-refractivity contribution is 6.32. The normalized spacial score (nSPS) is 9.27. The van der Waals surface area contributed by atoms with E-state index in [0.29, 0.717) is 16.3 Å². The van der Waals surface area contributed by atoms with Crippen LogP contribution in [0.2, 0.25) is 5.02 Å². The molecule has 0 N–H and O–H groups in total. The summed E-state index contributed by atoms with van der Waals surface area (Å²) in [6.45, 7) is 3.80. The molecule has 0 atom stereocenters. The van der Waals surface area contributed by atoms with E-state index in [1.807, 2.05) is 19.9 Å². The van der Waals surface area contributed by atoms with Gasteiger partial charge in [-0.2, -0.15) is 5.26 Å². The van der Waals surface area contributed by atoms with Crippen LogP contribution >= 0.6 is 11.6 Å². The number of nitrogens with zero attached hydrogens (tertiary/aromatic N) is 1. The van der Waals surface area contributed by atoms with E-state index in [1.54, 1.807) is 19.2 Å². The van der Waals surface area contributed by atoms with Crippen LogP contribution in [0.25, 0.3) is 5.57 Å². The zero-order valence-corrected chi connectivity index (χ0v) is 9.72. The van der Waals surface area contributed by atoms with Crippen LogP contribution in [0.15, 0.2) is 23.8 Å². The standard InChI is InChI=1S/C12H12ClNO/c1-8(2)10(7-14)9-4-5-12(15-3)11(13)6-9/h4-6H,1-3H3. The van der Waals surface area contributed by atoms with Crippen molar-refractivity contribution >= 4 is 17.2 Å². The van der Waals surface area contributed by atoms with Gasteiger partial charge in [-0.05, 0) is 37.6 Å². The second-order valence-corrected chi connectivity index (χ2v) is 3.74. The first-order valence-corrected chi connectivity index (χ1v) is 4.89. The molecular formula is C12H12ClNO. The Morgan fingerprint density at radius 3 is 2.47 bits per heavy atom. The van der Waals surface area contributed by atoms with Crippen LogP contribution in [0, 0.1) is 11.3 Å². The van der Waals surface area contributed by atoms with Crippen molar-refractivity contribution in [3.8, 4) is 11.8 Å². The molecule has 0 heterocycles. The lowest BCUT2D eigenvalue weighted by Gasteiger charge is -2.06.